The Bertz CT molecular complexity index is 481. The van der Waals surface area contributed by atoms with Gasteiger partial charge in [-0.1, -0.05) is 0 Å². The van der Waals surface area contributed by atoms with E-state index in [1.165, 1.54) is 12.8 Å². The number of anilines is 2. The van der Waals surface area contributed by atoms with Crippen LogP contribution < -0.4 is 16.4 Å². The zero-order valence-corrected chi connectivity index (χ0v) is 12.3. The molecular formula is C15H24N4O. The second-order valence-corrected chi connectivity index (χ2v) is 5.77. The van der Waals surface area contributed by atoms with Crippen LogP contribution in [0, 0.1) is 5.92 Å². The molecule has 0 spiro atoms. The lowest BCUT2D eigenvalue weighted by Crippen LogP contribution is -2.36. The summed E-state index contributed by atoms with van der Waals surface area (Å²) in [6.45, 7) is 3.20. The van der Waals surface area contributed by atoms with Crippen LogP contribution in [-0.2, 0) is 0 Å². The van der Waals surface area contributed by atoms with E-state index >= 15 is 0 Å². The fraction of sp³-hybridized carbons (Fsp3) is 0.533. The van der Waals surface area contributed by atoms with E-state index in [2.05, 4.69) is 16.8 Å². The molecule has 1 amide bonds. The summed E-state index contributed by atoms with van der Waals surface area (Å²) in [4.78, 5) is 16.0. The van der Waals surface area contributed by atoms with Crippen molar-refractivity contribution in [1.29, 1.82) is 0 Å². The van der Waals surface area contributed by atoms with Crippen molar-refractivity contribution in [2.24, 2.45) is 11.7 Å². The first-order chi connectivity index (χ1) is 9.47. The van der Waals surface area contributed by atoms with Gasteiger partial charge in [-0.05, 0) is 57.1 Å². The molecule has 1 heterocycles. The van der Waals surface area contributed by atoms with Gasteiger partial charge in [-0.25, -0.2) is 0 Å². The number of hydrogen-bond acceptors (Lipinski definition) is 4. The number of carbonyl (C=O) groups is 1. The van der Waals surface area contributed by atoms with E-state index in [9.17, 15) is 4.79 Å². The molecule has 0 radical (unpaired) electrons. The molecule has 1 aliphatic heterocycles. The van der Waals surface area contributed by atoms with Gasteiger partial charge < -0.3 is 21.3 Å². The molecule has 0 aromatic heterocycles. The summed E-state index contributed by atoms with van der Waals surface area (Å²) in [6, 6.07) is 5.25. The van der Waals surface area contributed by atoms with Crippen molar-refractivity contribution < 1.29 is 4.79 Å². The van der Waals surface area contributed by atoms with Gasteiger partial charge in [0.25, 0.3) is 5.91 Å². The number of rotatable bonds is 4. The lowest BCUT2D eigenvalue weighted by Gasteiger charge is -2.33. The largest absolute Gasteiger partial charge is 0.399 e. The van der Waals surface area contributed by atoms with Crippen LogP contribution in [0.2, 0.25) is 0 Å². The number of likely N-dealkylation sites (tertiary alicyclic amines) is 1. The number of benzene rings is 1. The SMILES string of the molecule is CN1CCC(CN(C)c2cc(N)ccc2C(N)=O)CC1. The summed E-state index contributed by atoms with van der Waals surface area (Å²) < 4.78 is 0. The molecule has 5 heteroatoms. The highest BCUT2D eigenvalue weighted by atomic mass is 16.1. The molecular weight excluding hydrogens is 252 g/mol. The molecule has 2 rings (SSSR count). The zero-order chi connectivity index (χ0) is 14.7. The number of primary amides is 1. The van der Waals surface area contributed by atoms with E-state index in [-0.39, 0.29) is 0 Å². The average molecular weight is 276 g/mol. The Morgan fingerprint density at radius 2 is 2.05 bits per heavy atom. The molecule has 20 heavy (non-hydrogen) atoms. The van der Waals surface area contributed by atoms with Gasteiger partial charge in [0.1, 0.15) is 0 Å². The Labute approximate surface area is 120 Å². The van der Waals surface area contributed by atoms with Crippen molar-refractivity contribution in [2.45, 2.75) is 12.8 Å². The Balaban J connectivity index is 2.10. The lowest BCUT2D eigenvalue weighted by atomic mass is 9.96. The molecule has 4 N–H and O–H groups in total. The van der Waals surface area contributed by atoms with Gasteiger partial charge in [-0.2, -0.15) is 0 Å². The van der Waals surface area contributed by atoms with E-state index in [0.717, 1.165) is 25.3 Å². The maximum absolute atomic E-state index is 11.5. The molecule has 1 fully saturated rings. The van der Waals surface area contributed by atoms with E-state index in [1.54, 1.807) is 12.1 Å². The third kappa shape index (κ3) is 3.42. The number of carbonyl (C=O) groups excluding carboxylic acids is 1. The fourth-order valence-corrected chi connectivity index (χ4v) is 2.80. The first-order valence-electron chi connectivity index (χ1n) is 7.06. The van der Waals surface area contributed by atoms with Crippen LogP contribution in [0.5, 0.6) is 0 Å². The highest BCUT2D eigenvalue weighted by Crippen LogP contribution is 2.25. The molecule has 110 valence electrons. The second kappa shape index (κ2) is 6.13. The summed E-state index contributed by atoms with van der Waals surface area (Å²) in [7, 11) is 4.16. The number of nitrogens with two attached hydrogens (primary N) is 2. The van der Waals surface area contributed by atoms with Crippen LogP contribution in [0.3, 0.4) is 0 Å². The predicted molar refractivity (Wildman–Crippen MR) is 82.9 cm³/mol. The van der Waals surface area contributed by atoms with Gasteiger partial charge in [-0.15, -0.1) is 0 Å². The predicted octanol–water partition coefficient (Wildman–Crippen LogP) is 1.15. The summed E-state index contributed by atoms with van der Waals surface area (Å²) in [5.74, 6) is 0.244. The van der Waals surface area contributed by atoms with Crippen molar-refractivity contribution in [2.75, 3.05) is 44.4 Å². The highest BCUT2D eigenvalue weighted by molar-refractivity contribution is 5.99. The van der Waals surface area contributed by atoms with Crippen LogP contribution in [0.15, 0.2) is 18.2 Å². The van der Waals surface area contributed by atoms with Crippen molar-refractivity contribution in [3.05, 3.63) is 23.8 Å². The summed E-state index contributed by atoms with van der Waals surface area (Å²) in [6.07, 6.45) is 2.38. The lowest BCUT2D eigenvalue weighted by molar-refractivity contribution is 0.100. The molecule has 0 aliphatic carbocycles. The fourth-order valence-electron chi connectivity index (χ4n) is 2.80. The number of piperidine rings is 1. The standard InChI is InChI=1S/C15H24N4O/c1-18-7-5-11(6-8-18)10-19(2)14-9-12(16)3-4-13(14)15(17)20/h3-4,9,11H,5-8,10,16H2,1-2H3,(H2,17,20). The smallest absolute Gasteiger partial charge is 0.250 e. The molecule has 0 atom stereocenters. The van der Waals surface area contributed by atoms with E-state index in [1.807, 2.05) is 13.1 Å². The summed E-state index contributed by atoms with van der Waals surface area (Å²) in [5.41, 5.74) is 13.3. The number of hydrogen-bond donors (Lipinski definition) is 2. The number of nitrogens with zero attached hydrogens (tertiary/aromatic N) is 2. The minimum atomic E-state index is -0.407. The molecule has 1 aliphatic rings. The summed E-state index contributed by atoms with van der Waals surface area (Å²) in [5, 5.41) is 0. The topological polar surface area (TPSA) is 75.6 Å². The molecule has 1 aromatic carbocycles. The van der Waals surface area contributed by atoms with Crippen molar-refractivity contribution in [3.8, 4) is 0 Å². The first kappa shape index (κ1) is 14.7. The maximum Gasteiger partial charge on any atom is 0.250 e. The molecule has 0 saturated carbocycles. The van der Waals surface area contributed by atoms with Crippen LogP contribution in [0.4, 0.5) is 11.4 Å². The Hall–Kier alpha value is -1.75. The van der Waals surface area contributed by atoms with Gasteiger partial charge >= 0.3 is 0 Å². The van der Waals surface area contributed by atoms with Gasteiger partial charge in [0.2, 0.25) is 0 Å². The zero-order valence-electron chi connectivity index (χ0n) is 12.3. The highest BCUT2D eigenvalue weighted by Gasteiger charge is 2.20. The Morgan fingerprint density at radius 1 is 1.40 bits per heavy atom. The summed E-state index contributed by atoms with van der Waals surface area (Å²) >= 11 is 0. The van der Waals surface area contributed by atoms with Crippen LogP contribution >= 0.6 is 0 Å². The third-order valence-corrected chi connectivity index (χ3v) is 4.07. The molecule has 0 bridgehead atoms. The number of amides is 1. The number of nitrogen functional groups attached to an aromatic ring is 1. The first-order valence-corrected chi connectivity index (χ1v) is 7.06. The van der Waals surface area contributed by atoms with E-state index in [4.69, 9.17) is 11.5 Å². The van der Waals surface area contributed by atoms with Gasteiger partial charge in [0, 0.05) is 19.3 Å². The third-order valence-electron chi connectivity index (χ3n) is 4.07. The monoisotopic (exact) mass is 276 g/mol. The molecule has 1 saturated heterocycles. The average Bonchev–Trinajstić information content (AvgIpc) is 2.41. The molecule has 1 aromatic rings. The Morgan fingerprint density at radius 3 is 2.65 bits per heavy atom. The second-order valence-electron chi connectivity index (χ2n) is 5.77. The van der Waals surface area contributed by atoms with Gasteiger partial charge in [0.15, 0.2) is 0 Å². The van der Waals surface area contributed by atoms with Crippen molar-refractivity contribution >= 4 is 17.3 Å². The van der Waals surface area contributed by atoms with Gasteiger partial charge in [0.05, 0.1) is 11.3 Å². The van der Waals surface area contributed by atoms with Crippen LogP contribution in [0.25, 0.3) is 0 Å². The van der Waals surface area contributed by atoms with E-state index < -0.39 is 5.91 Å². The van der Waals surface area contributed by atoms with Crippen LogP contribution in [0.1, 0.15) is 23.2 Å². The normalized spacial score (nSPS) is 17.1. The van der Waals surface area contributed by atoms with Crippen molar-refractivity contribution in [3.63, 3.8) is 0 Å². The molecule has 5 nitrogen and oxygen atoms in total. The van der Waals surface area contributed by atoms with Crippen LogP contribution in [-0.4, -0.2) is 44.5 Å². The van der Waals surface area contributed by atoms with Gasteiger partial charge in [-0.3, -0.25) is 4.79 Å². The van der Waals surface area contributed by atoms with Crippen molar-refractivity contribution in [1.82, 2.24) is 4.90 Å². The minimum Gasteiger partial charge on any atom is -0.399 e. The Kier molecular flexibility index (Phi) is 4.49. The minimum absolute atomic E-state index is 0.407. The maximum atomic E-state index is 11.5. The van der Waals surface area contributed by atoms with E-state index in [0.29, 0.717) is 17.2 Å². The quantitative estimate of drug-likeness (QED) is 0.809. The molecule has 0 unspecified atom stereocenters.